The molecule has 0 spiro atoms. The van der Waals surface area contributed by atoms with Crippen molar-refractivity contribution in [3.05, 3.63) is 12.2 Å². The molecule has 1 atom stereocenters. The molecule has 1 aliphatic heterocycles. The summed E-state index contributed by atoms with van der Waals surface area (Å²) in [5.41, 5.74) is 0. The van der Waals surface area contributed by atoms with Gasteiger partial charge in [0.25, 0.3) is 0 Å². The van der Waals surface area contributed by atoms with Gasteiger partial charge in [-0.2, -0.15) is 0 Å². The molecule has 1 heterocycles. The van der Waals surface area contributed by atoms with Crippen molar-refractivity contribution in [2.24, 2.45) is 0 Å². The van der Waals surface area contributed by atoms with Gasteiger partial charge < -0.3 is 10.0 Å². The van der Waals surface area contributed by atoms with Gasteiger partial charge in [-0.1, -0.05) is 38.7 Å². The molecule has 1 aliphatic rings. The summed E-state index contributed by atoms with van der Waals surface area (Å²) in [5.74, 6) is -1.04. The standard InChI is InChI=1S/C15H25NO3/c1-2-3-4-5-6-7-8-11-14(17)16-12-9-10-13(16)15(18)19/h8,11,13H,2-7,9-10,12H2,1H3,(H,18,19)/b11-8+. The Morgan fingerprint density at radius 1 is 1.26 bits per heavy atom. The molecule has 108 valence electrons. The van der Waals surface area contributed by atoms with Crippen LogP contribution in [0.4, 0.5) is 0 Å². The van der Waals surface area contributed by atoms with Gasteiger partial charge in [0.2, 0.25) is 5.91 Å². The second-order valence-electron chi connectivity index (χ2n) is 5.13. The van der Waals surface area contributed by atoms with Crippen molar-refractivity contribution in [3.63, 3.8) is 0 Å². The number of allylic oxidation sites excluding steroid dienone is 1. The number of nitrogens with zero attached hydrogens (tertiary/aromatic N) is 1. The fourth-order valence-electron chi connectivity index (χ4n) is 2.43. The molecule has 1 saturated heterocycles. The first-order chi connectivity index (χ1) is 9.16. The van der Waals surface area contributed by atoms with Crippen LogP contribution in [0.1, 0.15) is 58.3 Å². The van der Waals surface area contributed by atoms with E-state index < -0.39 is 12.0 Å². The van der Waals surface area contributed by atoms with Crippen molar-refractivity contribution >= 4 is 11.9 Å². The van der Waals surface area contributed by atoms with E-state index in [1.807, 2.05) is 6.08 Å². The third-order valence-electron chi connectivity index (χ3n) is 3.56. The summed E-state index contributed by atoms with van der Waals surface area (Å²) in [6.07, 6.45) is 11.8. The van der Waals surface area contributed by atoms with Crippen molar-refractivity contribution in [2.45, 2.75) is 64.3 Å². The first kappa shape index (κ1) is 15.7. The SMILES string of the molecule is CCCCCCC/C=C/C(=O)N1CCCC1C(=O)O. The van der Waals surface area contributed by atoms with E-state index in [9.17, 15) is 9.59 Å². The number of carboxylic acid groups (broad SMARTS) is 1. The minimum atomic E-state index is -0.890. The minimum Gasteiger partial charge on any atom is -0.480 e. The van der Waals surface area contributed by atoms with Gasteiger partial charge in [-0.25, -0.2) is 4.79 Å². The molecule has 1 amide bonds. The number of hydrogen-bond acceptors (Lipinski definition) is 2. The molecular formula is C15H25NO3. The number of hydrogen-bond donors (Lipinski definition) is 1. The zero-order valence-corrected chi connectivity index (χ0v) is 11.8. The second kappa shape index (κ2) is 8.73. The van der Waals surface area contributed by atoms with E-state index in [1.54, 1.807) is 6.08 Å². The van der Waals surface area contributed by atoms with Gasteiger partial charge in [-0.3, -0.25) is 4.79 Å². The Bertz CT molecular complexity index is 325. The quantitative estimate of drug-likeness (QED) is 0.543. The highest BCUT2D eigenvalue weighted by Gasteiger charge is 2.32. The van der Waals surface area contributed by atoms with Gasteiger partial charge in [-0.15, -0.1) is 0 Å². The molecule has 1 rings (SSSR count). The van der Waals surface area contributed by atoms with Crippen LogP contribution in [0, 0.1) is 0 Å². The van der Waals surface area contributed by atoms with Crippen LogP contribution in [0.15, 0.2) is 12.2 Å². The summed E-state index contributed by atoms with van der Waals surface area (Å²) in [6, 6.07) is -0.623. The number of likely N-dealkylation sites (tertiary alicyclic amines) is 1. The van der Waals surface area contributed by atoms with Gasteiger partial charge >= 0.3 is 5.97 Å². The highest BCUT2D eigenvalue weighted by molar-refractivity contribution is 5.91. The van der Waals surface area contributed by atoms with Crippen molar-refractivity contribution in [1.82, 2.24) is 4.90 Å². The molecule has 0 aromatic carbocycles. The molecule has 4 heteroatoms. The van der Waals surface area contributed by atoms with Crippen LogP contribution < -0.4 is 0 Å². The lowest BCUT2D eigenvalue weighted by Crippen LogP contribution is -2.39. The molecule has 0 aliphatic carbocycles. The minimum absolute atomic E-state index is 0.154. The van der Waals surface area contributed by atoms with E-state index in [1.165, 1.54) is 30.6 Å². The predicted molar refractivity (Wildman–Crippen MR) is 74.9 cm³/mol. The first-order valence-corrected chi connectivity index (χ1v) is 7.36. The lowest BCUT2D eigenvalue weighted by atomic mass is 10.1. The summed E-state index contributed by atoms with van der Waals surface area (Å²) in [4.78, 5) is 24.3. The largest absolute Gasteiger partial charge is 0.480 e. The van der Waals surface area contributed by atoms with Crippen molar-refractivity contribution in [2.75, 3.05) is 6.54 Å². The molecule has 4 nitrogen and oxygen atoms in total. The Hall–Kier alpha value is -1.32. The Labute approximate surface area is 115 Å². The summed E-state index contributed by atoms with van der Waals surface area (Å²) < 4.78 is 0. The van der Waals surface area contributed by atoms with Gasteiger partial charge in [-0.05, 0) is 31.8 Å². The average molecular weight is 267 g/mol. The maximum absolute atomic E-state index is 11.9. The lowest BCUT2D eigenvalue weighted by Gasteiger charge is -2.19. The van der Waals surface area contributed by atoms with Crippen molar-refractivity contribution in [1.29, 1.82) is 0 Å². The maximum atomic E-state index is 11.9. The monoisotopic (exact) mass is 267 g/mol. The zero-order valence-electron chi connectivity index (χ0n) is 11.8. The normalized spacial score (nSPS) is 19.2. The van der Waals surface area contributed by atoms with Crippen LogP contribution in [0.3, 0.4) is 0 Å². The van der Waals surface area contributed by atoms with Crippen molar-refractivity contribution < 1.29 is 14.7 Å². The molecule has 1 N–H and O–H groups in total. The van der Waals surface area contributed by atoms with Crippen LogP contribution in [-0.4, -0.2) is 34.5 Å². The van der Waals surface area contributed by atoms with Gasteiger partial charge in [0.15, 0.2) is 0 Å². The molecule has 0 bridgehead atoms. The topological polar surface area (TPSA) is 57.6 Å². The maximum Gasteiger partial charge on any atom is 0.326 e. The summed E-state index contributed by atoms with van der Waals surface area (Å²) in [6.45, 7) is 2.75. The highest BCUT2D eigenvalue weighted by Crippen LogP contribution is 2.17. The third kappa shape index (κ3) is 5.45. The van der Waals surface area contributed by atoms with E-state index in [0.29, 0.717) is 13.0 Å². The predicted octanol–water partition coefficient (Wildman–Crippen LogP) is 2.98. The molecule has 1 fully saturated rings. The van der Waals surface area contributed by atoms with Crippen LogP contribution in [-0.2, 0) is 9.59 Å². The first-order valence-electron chi connectivity index (χ1n) is 7.36. The Balaban J connectivity index is 2.24. The Kier molecular flexibility index (Phi) is 7.23. The number of amides is 1. The zero-order chi connectivity index (χ0) is 14.1. The smallest absolute Gasteiger partial charge is 0.326 e. The lowest BCUT2D eigenvalue weighted by molar-refractivity contribution is -0.146. The average Bonchev–Trinajstić information content (AvgIpc) is 2.87. The number of unbranched alkanes of at least 4 members (excludes halogenated alkanes) is 5. The second-order valence-corrected chi connectivity index (χ2v) is 5.13. The van der Waals surface area contributed by atoms with Gasteiger partial charge in [0.05, 0.1) is 0 Å². The number of aliphatic carboxylic acids is 1. The van der Waals surface area contributed by atoms with Gasteiger partial charge in [0.1, 0.15) is 6.04 Å². The fourth-order valence-corrected chi connectivity index (χ4v) is 2.43. The van der Waals surface area contributed by atoms with E-state index in [4.69, 9.17) is 5.11 Å². The van der Waals surface area contributed by atoms with Crippen LogP contribution in [0.2, 0.25) is 0 Å². The van der Waals surface area contributed by atoms with E-state index in [2.05, 4.69) is 6.92 Å². The summed E-state index contributed by atoms with van der Waals surface area (Å²) in [5, 5.41) is 9.01. The highest BCUT2D eigenvalue weighted by atomic mass is 16.4. The third-order valence-corrected chi connectivity index (χ3v) is 3.56. The molecule has 1 unspecified atom stereocenters. The summed E-state index contributed by atoms with van der Waals surface area (Å²) in [7, 11) is 0. The number of carbonyl (C=O) groups excluding carboxylic acids is 1. The summed E-state index contributed by atoms with van der Waals surface area (Å²) >= 11 is 0. The Morgan fingerprint density at radius 3 is 2.68 bits per heavy atom. The molecule has 0 saturated carbocycles. The van der Waals surface area contributed by atoms with E-state index in [-0.39, 0.29) is 5.91 Å². The van der Waals surface area contributed by atoms with Crippen LogP contribution >= 0.6 is 0 Å². The molecule has 0 radical (unpaired) electrons. The van der Waals surface area contributed by atoms with E-state index >= 15 is 0 Å². The number of rotatable bonds is 8. The molecular weight excluding hydrogens is 242 g/mol. The van der Waals surface area contributed by atoms with Crippen LogP contribution in [0.25, 0.3) is 0 Å². The number of carboxylic acids is 1. The Morgan fingerprint density at radius 2 is 2.00 bits per heavy atom. The van der Waals surface area contributed by atoms with Crippen LogP contribution in [0.5, 0.6) is 0 Å². The molecule has 19 heavy (non-hydrogen) atoms. The van der Waals surface area contributed by atoms with E-state index in [0.717, 1.165) is 19.3 Å². The molecule has 0 aromatic heterocycles. The number of carbonyl (C=O) groups is 2. The fraction of sp³-hybridized carbons (Fsp3) is 0.733. The van der Waals surface area contributed by atoms with Crippen molar-refractivity contribution in [3.8, 4) is 0 Å². The van der Waals surface area contributed by atoms with Gasteiger partial charge in [0, 0.05) is 6.54 Å². The molecule has 0 aromatic rings.